The predicted octanol–water partition coefficient (Wildman–Crippen LogP) is 1.54. The molecule has 0 saturated carbocycles. The van der Waals surface area contributed by atoms with Crippen molar-refractivity contribution in [1.29, 1.82) is 0 Å². The van der Waals surface area contributed by atoms with Gasteiger partial charge in [0.25, 0.3) is 0 Å². The molecule has 1 aromatic carbocycles. The van der Waals surface area contributed by atoms with E-state index in [0.717, 1.165) is 30.6 Å². The Kier molecular flexibility index (Phi) is 3.74. The van der Waals surface area contributed by atoms with Gasteiger partial charge in [0.2, 0.25) is 5.91 Å². The molecule has 0 bridgehead atoms. The van der Waals surface area contributed by atoms with Crippen molar-refractivity contribution in [2.75, 3.05) is 11.4 Å². The lowest BCUT2D eigenvalue weighted by Gasteiger charge is -2.26. The largest absolute Gasteiger partial charge is 0.481 e. The Balaban J connectivity index is 2.24. The SMILES string of the molecule is Cc1cc(N2CCCC2CC(=O)O)ccc1C(N)=O. The van der Waals surface area contributed by atoms with E-state index in [1.807, 2.05) is 19.1 Å². The van der Waals surface area contributed by atoms with Gasteiger partial charge in [0.1, 0.15) is 0 Å². The highest BCUT2D eigenvalue weighted by atomic mass is 16.4. The molecule has 1 aromatic rings. The average molecular weight is 262 g/mol. The summed E-state index contributed by atoms with van der Waals surface area (Å²) in [6, 6.07) is 5.49. The fourth-order valence-electron chi connectivity index (χ4n) is 2.69. The molecule has 1 heterocycles. The summed E-state index contributed by atoms with van der Waals surface area (Å²) in [6.07, 6.45) is 2.04. The van der Waals surface area contributed by atoms with Crippen LogP contribution in [-0.4, -0.2) is 29.6 Å². The Morgan fingerprint density at radius 2 is 2.21 bits per heavy atom. The summed E-state index contributed by atoms with van der Waals surface area (Å²) in [7, 11) is 0. The summed E-state index contributed by atoms with van der Waals surface area (Å²) >= 11 is 0. The van der Waals surface area contributed by atoms with Crippen molar-refractivity contribution in [1.82, 2.24) is 0 Å². The van der Waals surface area contributed by atoms with Crippen LogP contribution in [0.2, 0.25) is 0 Å². The summed E-state index contributed by atoms with van der Waals surface area (Å²) in [5.74, 6) is -1.21. The molecular formula is C14H18N2O3. The van der Waals surface area contributed by atoms with Crippen molar-refractivity contribution in [3.05, 3.63) is 29.3 Å². The van der Waals surface area contributed by atoms with Crippen molar-refractivity contribution >= 4 is 17.6 Å². The lowest BCUT2D eigenvalue weighted by atomic mass is 10.1. The topological polar surface area (TPSA) is 83.6 Å². The number of rotatable bonds is 4. The van der Waals surface area contributed by atoms with E-state index in [1.165, 1.54) is 0 Å². The molecule has 1 saturated heterocycles. The Labute approximate surface area is 112 Å². The number of carbonyl (C=O) groups excluding carboxylic acids is 1. The minimum Gasteiger partial charge on any atom is -0.481 e. The summed E-state index contributed by atoms with van der Waals surface area (Å²) < 4.78 is 0. The molecule has 5 nitrogen and oxygen atoms in total. The second-order valence-electron chi connectivity index (χ2n) is 4.95. The van der Waals surface area contributed by atoms with Gasteiger partial charge in [0, 0.05) is 23.8 Å². The van der Waals surface area contributed by atoms with E-state index in [4.69, 9.17) is 10.8 Å². The smallest absolute Gasteiger partial charge is 0.305 e. The number of carboxylic acids is 1. The molecule has 1 atom stereocenters. The second-order valence-corrected chi connectivity index (χ2v) is 4.95. The predicted molar refractivity (Wildman–Crippen MR) is 72.3 cm³/mol. The maximum absolute atomic E-state index is 11.2. The number of aliphatic carboxylic acids is 1. The van der Waals surface area contributed by atoms with Crippen molar-refractivity contribution in [3.63, 3.8) is 0 Å². The highest BCUT2D eigenvalue weighted by Crippen LogP contribution is 2.28. The summed E-state index contributed by atoms with van der Waals surface area (Å²) in [6.45, 7) is 2.69. The highest BCUT2D eigenvalue weighted by molar-refractivity contribution is 5.94. The minimum absolute atomic E-state index is 0.0383. The van der Waals surface area contributed by atoms with E-state index in [9.17, 15) is 9.59 Å². The van der Waals surface area contributed by atoms with Gasteiger partial charge in [-0.1, -0.05) is 0 Å². The van der Waals surface area contributed by atoms with Crippen LogP contribution in [-0.2, 0) is 4.79 Å². The fraction of sp³-hybridized carbons (Fsp3) is 0.429. The Morgan fingerprint density at radius 1 is 1.47 bits per heavy atom. The number of carbonyl (C=O) groups is 2. The normalized spacial score (nSPS) is 18.6. The molecule has 2 rings (SSSR count). The first-order valence-corrected chi connectivity index (χ1v) is 6.38. The number of nitrogens with zero attached hydrogens (tertiary/aromatic N) is 1. The molecule has 3 N–H and O–H groups in total. The zero-order valence-electron chi connectivity index (χ0n) is 10.9. The highest BCUT2D eigenvalue weighted by Gasteiger charge is 2.27. The third-order valence-electron chi connectivity index (χ3n) is 3.59. The third kappa shape index (κ3) is 2.86. The summed E-state index contributed by atoms with van der Waals surface area (Å²) in [4.78, 5) is 24.2. The quantitative estimate of drug-likeness (QED) is 0.862. The van der Waals surface area contributed by atoms with Crippen molar-refractivity contribution in [3.8, 4) is 0 Å². The lowest BCUT2D eigenvalue weighted by Crippen LogP contribution is -2.31. The fourth-order valence-corrected chi connectivity index (χ4v) is 2.69. The molecule has 1 aliphatic heterocycles. The van der Waals surface area contributed by atoms with Crippen LogP contribution in [0.5, 0.6) is 0 Å². The number of primary amides is 1. The molecule has 1 unspecified atom stereocenters. The van der Waals surface area contributed by atoms with Crippen molar-refractivity contribution in [2.24, 2.45) is 5.73 Å². The zero-order valence-corrected chi connectivity index (χ0v) is 10.9. The third-order valence-corrected chi connectivity index (χ3v) is 3.59. The van der Waals surface area contributed by atoms with Gasteiger partial charge in [-0.3, -0.25) is 9.59 Å². The second kappa shape index (κ2) is 5.30. The molecule has 19 heavy (non-hydrogen) atoms. The van der Waals surface area contributed by atoms with Crippen LogP contribution in [0.3, 0.4) is 0 Å². The molecule has 5 heteroatoms. The van der Waals surface area contributed by atoms with Crippen LogP contribution in [0.25, 0.3) is 0 Å². The number of hydrogen-bond donors (Lipinski definition) is 2. The number of aryl methyl sites for hydroxylation is 1. The molecule has 0 spiro atoms. The molecule has 0 radical (unpaired) electrons. The molecule has 0 aromatic heterocycles. The molecular weight excluding hydrogens is 244 g/mol. The van der Waals surface area contributed by atoms with Crippen LogP contribution in [0, 0.1) is 6.92 Å². The zero-order chi connectivity index (χ0) is 14.0. The van der Waals surface area contributed by atoms with Gasteiger partial charge in [0.05, 0.1) is 6.42 Å². The van der Waals surface area contributed by atoms with Crippen LogP contribution >= 0.6 is 0 Å². The monoisotopic (exact) mass is 262 g/mol. The van der Waals surface area contributed by atoms with Crippen molar-refractivity contribution < 1.29 is 14.7 Å². The number of hydrogen-bond acceptors (Lipinski definition) is 3. The van der Waals surface area contributed by atoms with Gasteiger partial charge in [-0.15, -0.1) is 0 Å². The number of anilines is 1. The van der Waals surface area contributed by atoms with Gasteiger partial charge in [-0.2, -0.15) is 0 Å². The number of benzene rings is 1. The van der Waals surface area contributed by atoms with Crippen LogP contribution in [0.15, 0.2) is 18.2 Å². The first-order chi connectivity index (χ1) is 8.99. The lowest BCUT2D eigenvalue weighted by molar-refractivity contribution is -0.137. The van der Waals surface area contributed by atoms with Crippen LogP contribution in [0.1, 0.15) is 35.2 Å². The van der Waals surface area contributed by atoms with Gasteiger partial charge < -0.3 is 15.7 Å². The Hall–Kier alpha value is -2.04. The maximum Gasteiger partial charge on any atom is 0.305 e. The number of carboxylic acid groups (broad SMARTS) is 1. The number of nitrogens with two attached hydrogens (primary N) is 1. The molecule has 1 aliphatic rings. The van der Waals surface area contributed by atoms with Crippen LogP contribution in [0.4, 0.5) is 5.69 Å². The van der Waals surface area contributed by atoms with E-state index in [-0.39, 0.29) is 12.5 Å². The van der Waals surface area contributed by atoms with Gasteiger partial charge in [0.15, 0.2) is 0 Å². The standard InChI is InChI=1S/C14H18N2O3/c1-9-7-11(4-5-12(9)14(15)19)16-6-2-3-10(16)8-13(17)18/h4-5,7,10H,2-3,6,8H2,1H3,(H2,15,19)(H,17,18). The first-order valence-electron chi connectivity index (χ1n) is 6.38. The summed E-state index contributed by atoms with van der Waals surface area (Å²) in [5, 5.41) is 8.92. The molecule has 0 aliphatic carbocycles. The maximum atomic E-state index is 11.2. The van der Waals surface area contributed by atoms with E-state index in [2.05, 4.69) is 4.90 Å². The number of amides is 1. The van der Waals surface area contributed by atoms with Gasteiger partial charge >= 0.3 is 5.97 Å². The average Bonchev–Trinajstić information content (AvgIpc) is 2.75. The molecule has 1 amide bonds. The summed E-state index contributed by atoms with van der Waals surface area (Å²) in [5.41, 5.74) is 7.58. The van der Waals surface area contributed by atoms with Crippen molar-refractivity contribution in [2.45, 2.75) is 32.2 Å². The molecule has 102 valence electrons. The first kappa shape index (κ1) is 13.4. The van der Waals surface area contributed by atoms with E-state index < -0.39 is 11.9 Å². The van der Waals surface area contributed by atoms with E-state index in [0.29, 0.717) is 5.56 Å². The van der Waals surface area contributed by atoms with E-state index >= 15 is 0 Å². The van der Waals surface area contributed by atoms with Gasteiger partial charge in [-0.05, 0) is 43.5 Å². The minimum atomic E-state index is -0.776. The Morgan fingerprint density at radius 3 is 2.79 bits per heavy atom. The van der Waals surface area contributed by atoms with Crippen LogP contribution < -0.4 is 10.6 Å². The van der Waals surface area contributed by atoms with E-state index in [1.54, 1.807) is 6.07 Å². The Bertz CT molecular complexity index is 513. The molecule has 1 fully saturated rings. The van der Waals surface area contributed by atoms with Gasteiger partial charge in [-0.25, -0.2) is 0 Å².